The van der Waals surface area contributed by atoms with Crippen LogP contribution in [0.3, 0.4) is 0 Å². The molecule has 3 N–H and O–H groups in total. The molecular weight excluding hydrogens is 300 g/mol. The molecule has 0 bridgehead atoms. The van der Waals surface area contributed by atoms with Gasteiger partial charge in [-0.05, 0) is 18.6 Å². The number of anilines is 1. The number of aryl methyl sites for hydroxylation is 1. The second kappa shape index (κ2) is 7.34. The first kappa shape index (κ1) is 16.4. The molecule has 122 valence electrons. The zero-order valence-corrected chi connectivity index (χ0v) is 12.9. The van der Waals surface area contributed by atoms with Crippen molar-refractivity contribution in [1.29, 1.82) is 0 Å². The van der Waals surface area contributed by atoms with E-state index >= 15 is 0 Å². The van der Waals surface area contributed by atoms with Crippen LogP contribution in [0.5, 0.6) is 0 Å². The Morgan fingerprint density at radius 2 is 2.22 bits per heavy atom. The highest BCUT2D eigenvalue weighted by atomic mass is 16.5. The molecule has 1 fully saturated rings. The molecule has 9 nitrogen and oxygen atoms in total. The normalized spacial score (nSPS) is 15.4. The van der Waals surface area contributed by atoms with Gasteiger partial charge in [-0.15, -0.1) is 5.11 Å². The lowest BCUT2D eigenvalue weighted by atomic mass is 10.1. The lowest BCUT2D eigenvalue weighted by Gasteiger charge is -2.34. The summed E-state index contributed by atoms with van der Waals surface area (Å²) in [5.74, 6) is 5.62. The van der Waals surface area contributed by atoms with Crippen LogP contribution >= 0.6 is 0 Å². The van der Waals surface area contributed by atoms with Crippen molar-refractivity contribution in [3.63, 3.8) is 0 Å². The number of carbonyl (C=O) groups excluding carboxylic acids is 2. The number of nitrogens with one attached hydrogen (secondary N) is 1. The van der Waals surface area contributed by atoms with Crippen LogP contribution in [0.2, 0.25) is 0 Å². The summed E-state index contributed by atoms with van der Waals surface area (Å²) in [5, 5.41) is 14.4. The number of amides is 2. The second-order valence-electron chi connectivity index (χ2n) is 4.99. The van der Waals surface area contributed by atoms with Gasteiger partial charge in [-0.2, -0.15) is 10.2 Å². The molecule has 1 heterocycles. The average Bonchev–Trinajstić information content (AvgIpc) is 2.51. The largest absolute Gasteiger partial charge is 0.453 e. The minimum absolute atomic E-state index is 0.108. The van der Waals surface area contributed by atoms with E-state index in [2.05, 4.69) is 25.4 Å². The fourth-order valence-electron chi connectivity index (χ4n) is 2.08. The predicted octanol–water partition coefficient (Wildman–Crippen LogP) is 1.09. The zero-order valence-electron chi connectivity index (χ0n) is 12.9. The Bertz CT molecular complexity index is 652. The molecule has 0 atom stereocenters. The lowest BCUT2D eigenvalue weighted by Crippen LogP contribution is -2.52. The van der Waals surface area contributed by atoms with Crippen LogP contribution in [0.15, 0.2) is 33.5 Å². The van der Waals surface area contributed by atoms with Gasteiger partial charge < -0.3 is 20.8 Å². The number of amidine groups is 1. The number of nitrogens with two attached hydrogens (primary N) is 1. The number of azo groups is 1. The number of carbonyl (C=O) groups is 2. The maximum atomic E-state index is 11.2. The number of hydrazone groups is 1. The number of nitrogens with zero attached hydrogens (tertiary/aromatic N) is 4. The Labute approximate surface area is 133 Å². The summed E-state index contributed by atoms with van der Waals surface area (Å²) in [5.41, 5.74) is 2.19. The zero-order chi connectivity index (χ0) is 16.8. The number of rotatable bonds is 4. The van der Waals surface area contributed by atoms with Gasteiger partial charge in [0.1, 0.15) is 6.04 Å². The van der Waals surface area contributed by atoms with Gasteiger partial charge in [0.15, 0.2) is 5.84 Å². The highest BCUT2D eigenvalue weighted by Gasteiger charge is 2.31. The first-order valence-electron chi connectivity index (χ1n) is 6.92. The Balaban J connectivity index is 2.04. The third-order valence-electron chi connectivity index (χ3n) is 3.44. The van der Waals surface area contributed by atoms with Crippen LogP contribution in [0.1, 0.15) is 11.1 Å². The summed E-state index contributed by atoms with van der Waals surface area (Å²) < 4.78 is 4.60. The molecule has 1 saturated heterocycles. The maximum Gasteiger partial charge on any atom is 0.409 e. The first-order valence-corrected chi connectivity index (χ1v) is 6.92. The second-order valence-corrected chi connectivity index (χ2v) is 4.99. The summed E-state index contributed by atoms with van der Waals surface area (Å²) in [6, 6.07) is 5.22. The van der Waals surface area contributed by atoms with Gasteiger partial charge in [-0.1, -0.05) is 12.1 Å². The smallest absolute Gasteiger partial charge is 0.409 e. The summed E-state index contributed by atoms with van der Waals surface area (Å²) in [6.07, 6.45) is 0.218. The number of likely N-dealkylation sites (tertiary alicyclic amines) is 1. The van der Waals surface area contributed by atoms with Crippen LogP contribution in [0.25, 0.3) is 0 Å². The van der Waals surface area contributed by atoms with Gasteiger partial charge in [0, 0.05) is 11.3 Å². The molecular formula is C14H18N6O3. The van der Waals surface area contributed by atoms with E-state index in [1.165, 1.54) is 12.0 Å². The molecule has 1 aromatic carbocycles. The minimum Gasteiger partial charge on any atom is -0.453 e. The van der Waals surface area contributed by atoms with Crippen molar-refractivity contribution in [2.45, 2.75) is 13.0 Å². The Kier molecular flexibility index (Phi) is 5.23. The Morgan fingerprint density at radius 3 is 2.83 bits per heavy atom. The molecule has 1 aliphatic rings. The fraction of sp³-hybridized carbons (Fsp3) is 0.357. The first-order chi connectivity index (χ1) is 11.1. The monoisotopic (exact) mass is 318 g/mol. The molecule has 1 aliphatic heterocycles. The number of benzene rings is 1. The van der Waals surface area contributed by atoms with Crippen molar-refractivity contribution >= 4 is 24.0 Å². The van der Waals surface area contributed by atoms with Crippen molar-refractivity contribution < 1.29 is 14.3 Å². The van der Waals surface area contributed by atoms with E-state index in [1.807, 2.05) is 13.0 Å². The third kappa shape index (κ3) is 3.82. The van der Waals surface area contributed by atoms with Gasteiger partial charge in [0.25, 0.3) is 0 Å². The average molecular weight is 318 g/mol. The Hall–Kier alpha value is -2.97. The third-order valence-corrected chi connectivity index (χ3v) is 3.44. The van der Waals surface area contributed by atoms with Crippen LogP contribution in [-0.4, -0.2) is 49.5 Å². The molecule has 0 unspecified atom stereocenters. The highest BCUT2D eigenvalue weighted by Crippen LogP contribution is 2.18. The van der Waals surface area contributed by atoms with E-state index in [-0.39, 0.29) is 18.0 Å². The summed E-state index contributed by atoms with van der Waals surface area (Å²) in [7, 11) is 1.33. The van der Waals surface area contributed by atoms with E-state index in [9.17, 15) is 9.59 Å². The molecule has 23 heavy (non-hydrogen) atoms. The minimum atomic E-state index is -0.382. The number of hydrogen-bond donors (Lipinski definition) is 2. The molecule has 0 aromatic heterocycles. The van der Waals surface area contributed by atoms with Gasteiger partial charge in [-0.3, -0.25) is 4.79 Å². The number of methoxy groups -OCH3 is 1. The molecule has 0 saturated carbocycles. The van der Waals surface area contributed by atoms with Gasteiger partial charge >= 0.3 is 6.09 Å². The number of hydrogen-bond acceptors (Lipinski definition) is 6. The van der Waals surface area contributed by atoms with Crippen molar-refractivity contribution in [3.8, 4) is 0 Å². The van der Waals surface area contributed by atoms with Crippen LogP contribution in [0, 0.1) is 6.92 Å². The van der Waals surface area contributed by atoms with E-state index in [4.69, 9.17) is 5.84 Å². The molecule has 2 rings (SSSR count). The summed E-state index contributed by atoms with van der Waals surface area (Å²) in [6.45, 7) is 2.76. The van der Waals surface area contributed by atoms with Gasteiger partial charge in [0.2, 0.25) is 6.41 Å². The standard InChI is InChI=1S/C14H18N6O3/c1-9-3-4-10(5-12(9)16-8-21)13(17-15)19-18-11-6-20(7-11)14(22)23-2/h3-5,8,11H,6-7,15H2,1-2H3,(H,16,21)/b17-13-,19-18?. The fourth-order valence-corrected chi connectivity index (χ4v) is 2.08. The highest BCUT2D eigenvalue weighted by molar-refractivity contribution is 6.00. The van der Waals surface area contributed by atoms with E-state index in [0.29, 0.717) is 30.8 Å². The lowest BCUT2D eigenvalue weighted by molar-refractivity contribution is -0.105. The molecule has 1 aromatic rings. The maximum absolute atomic E-state index is 11.2. The SMILES string of the molecule is COC(=O)N1CC(N=N/C(=N\N)c2ccc(C)c(NC=O)c2)C1. The molecule has 0 spiro atoms. The van der Waals surface area contributed by atoms with Gasteiger partial charge in [-0.25, -0.2) is 4.79 Å². The van der Waals surface area contributed by atoms with Crippen LogP contribution < -0.4 is 11.2 Å². The van der Waals surface area contributed by atoms with E-state index in [1.54, 1.807) is 12.1 Å². The summed E-state index contributed by atoms with van der Waals surface area (Å²) >= 11 is 0. The summed E-state index contributed by atoms with van der Waals surface area (Å²) in [4.78, 5) is 23.4. The van der Waals surface area contributed by atoms with Crippen molar-refractivity contribution in [3.05, 3.63) is 29.3 Å². The quantitative estimate of drug-likeness (QED) is 0.215. The predicted molar refractivity (Wildman–Crippen MR) is 84.2 cm³/mol. The van der Waals surface area contributed by atoms with E-state index < -0.39 is 0 Å². The van der Waals surface area contributed by atoms with Gasteiger partial charge in [0.05, 0.1) is 20.2 Å². The van der Waals surface area contributed by atoms with E-state index in [0.717, 1.165) is 5.56 Å². The van der Waals surface area contributed by atoms with Crippen LogP contribution in [0.4, 0.5) is 10.5 Å². The molecule has 0 radical (unpaired) electrons. The van der Waals surface area contributed by atoms with Crippen LogP contribution in [-0.2, 0) is 9.53 Å². The Morgan fingerprint density at radius 1 is 1.48 bits per heavy atom. The van der Waals surface area contributed by atoms with Crippen molar-refractivity contribution in [1.82, 2.24) is 4.90 Å². The molecule has 0 aliphatic carbocycles. The topological polar surface area (TPSA) is 122 Å². The molecule has 9 heteroatoms. The number of ether oxygens (including phenoxy) is 1. The van der Waals surface area contributed by atoms with Crippen molar-refractivity contribution in [2.24, 2.45) is 21.2 Å². The van der Waals surface area contributed by atoms with Crippen molar-refractivity contribution in [2.75, 3.05) is 25.5 Å². The molecule has 2 amide bonds.